The molecule has 1 aliphatic heterocycles. The average molecular weight is 310 g/mol. The maximum Gasteiger partial charge on any atom is 0.265 e. The Balaban J connectivity index is 2.14. The number of rotatable bonds is 6. The molecule has 0 aromatic carbocycles. The number of thiazole rings is 1. The Hall–Kier alpha value is -0.980. The van der Waals surface area contributed by atoms with Crippen molar-refractivity contribution in [1.29, 1.82) is 0 Å². The zero-order chi connectivity index (χ0) is 15.2. The van der Waals surface area contributed by atoms with Crippen molar-refractivity contribution >= 4 is 17.2 Å². The Morgan fingerprint density at radius 1 is 1.29 bits per heavy atom. The van der Waals surface area contributed by atoms with Gasteiger partial charge in [-0.15, -0.1) is 11.3 Å². The van der Waals surface area contributed by atoms with Crippen LogP contribution in [0.15, 0.2) is 0 Å². The van der Waals surface area contributed by atoms with E-state index in [0.717, 1.165) is 67.8 Å². The van der Waals surface area contributed by atoms with Gasteiger partial charge >= 0.3 is 0 Å². The van der Waals surface area contributed by atoms with Crippen LogP contribution in [0.2, 0.25) is 0 Å². The van der Waals surface area contributed by atoms with Crippen molar-refractivity contribution in [2.45, 2.75) is 33.7 Å². The van der Waals surface area contributed by atoms with E-state index in [-0.39, 0.29) is 5.91 Å². The third kappa shape index (κ3) is 4.02. The molecule has 1 aromatic heterocycles. The summed E-state index contributed by atoms with van der Waals surface area (Å²) in [5.41, 5.74) is 0.964. The number of hydrogen-bond acceptors (Lipinski definition) is 5. The second kappa shape index (κ2) is 7.87. The highest BCUT2D eigenvalue weighted by Crippen LogP contribution is 2.22. The molecular weight excluding hydrogens is 284 g/mol. The van der Waals surface area contributed by atoms with Crippen LogP contribution in [-0.2, 0) is 13.0 Å². The fourth-order valence-electron chi connectivity index (χ4n) is 2.53. The van der Waals surface area contributed by atoms with Crippen molar-refractivity contribution in [3.05, 3.63) is 15.6 Å². The maximum absolute atomic E-state index is 12.7. The van der Waals surface area contributed by atoms with Crippen LogP contribution in [0.25, 0.3) is 0 Å². The third-order valence-corrected chi connectivity index (χ3v) is 5.00. The van der Waals surface area contributed by atoms with Gasteiger partial charge in [0.25, 0.3) is 5.91 Å². The van der Waals surface area contributed by atoms with Crippen LogP contribution in [0.5, 0.6) is 0 Å². The Morgan fingerprint density at radius 2 is 1.95 bits per heavy atom. The second-order valence-corrected chi connectivity index (χ2v) is 6.32. The van der Waals surface area contributed by atoms with E-state index in [9.17, 15) is 4.79 Å². The van der Waals surface area contributed by atoms with Crippen molar-refractivity contribution in [3.8, 4) is 0 Å². The average Bonchev–Trinajstić information content (AvgIpc) is 2.95. The molecular formula is C15H26N4OS. The van der Waals surface area contributed by atoms with E-state index >= 15 is 0 Å². The molecule has 0 radical (unpaired) electrons. The van der Waals surface area contributed by atoms with Gasteiger partial charge in [0, 0.05) is 26.2 Å². The van der Waals surface area contributed by atoms with E-state index < -0.39 is 0 Å². The SMILES string of the molecule is CCc1nc(CN(CC)CC)sc1C(=O)N1CCNCC1. The highest BCUT2D eigenvalue weighted by atomic mass is 32.1. The zero-order valence-electron chi connectivity index (χ0n) is 13.3. The topological polar surface area (TPSA) is 48.5 Å². The summed E-state index contributed by atoms with van der Waals surface area (Å²) >= 11 is 1.58. The van der Waals surface area contributed by atoms with Crippen molar-refractivity contribution in [1.82, 2.24) is 20.1 Å². The first-order chi connectivity index (χ1) is 10.2. The third-order valence-electron chi connectivity index (χ3n) is 3.93. The molecule has 1 N–H and O–H groups in total. The van der Waals surface area contributed by atoms with Crippen molar-refractivity contribution < 1.29 is 4.79 Å². The molecule has 1 amide bonds. The van der Waals surface area contributed by atoms with Gasteiger partial charge in [0.05, 0.1) is 12.2 Å². The normalized spacial score (nSPS) is 15.7. The van der Waals surface area contributed by atoms with Crippen molar-refractivity contribution in [2.75, 3.05) is 39.3 Å². The van der Waals surface area contributed by atoms with Gasteiger partial charge in [-0.25, -0.2) is 4.98 Å². The summed E-state index contributed by atoms with van der Waals surface area (Å²) in [5.74, 6) is 0.164. The Bertz CT molecular complexity index is 464. The van der Waals surface area contributed by atoms with Gasteiger partial charge in [0.15, 0.2) is 0 Å². The number of carbonyl (C=O) groups excluding carboxylic acids is 1. The molecule has 0 spiro atoms. The molecule has 21 heavy (non-hydrogen) atoms. The lowest BCUT2D eigenvalue weighted by molar-refractivity contribution is 0.0739. The van der Waals surface area contributed by atoms with E-state index in [2.05, 4.69) is 31.0 Å². The van der Waals surface area contributed by atoms with E-state index in [0.29, 0.717) is 0 Å². The predicted molar refractivity (Wildman–Crippen MR) is 86.9 cm³/mol. The molecule has 0 bridgehead atoms. The summed E-state index contributed by atoms with van der Waals surface area (Å²) < 4.78 is 0. The monoisotopic (exact) mass is 310 g/mol. The number of nitrogens with one attached hydrogen (secondary N) is 1. The molecule has 1 saturated heterocycles. The van der Waals surface area contributed by atoms with Gasteiger partial charge in [-0.05, 0) is 19.5 Å². The number of carbonyl (C=O) groups is 1. The van der Waals surface area contributed by atoms with E-state index in [4.69, 9.17) is 4.98 Å². The molecule has 0 atom stereocenters. The van der Waals surface area contributed by atoms with Crippen molar-refractivity contribution in [2.24, 2.45) is 0 Å². The molecule has 2 rings (SSSR count). The summed E-state index contributed by atoms with van der Waals surface area (Å²) in [6.07, 6.45) is 0.821. The number of aryl methyl sites for hydroxylation is 1. The lowest BCUT2D eigenvalue weighted by atomic mass is 10.2. The molecule has 118 valence electrons. The molecule has 1 aliphatic rings. The first-order valence-electron chi connectivity index (χ1n) is 7.90. The fraction of sp³-hybridized carbons (Fsp3) is 0.733. The van der Waals surface area contributed by atoms with Crippen LogP contribution < -0.4 is 5.32 Å². The first kappa shape index (κ1) is 16.4. The van der Waals surface area contributed by atoms with Gasteiger partial charge in [0.2, 0.25) is 0 Å². The van der Waals surface area contributed by atoms with E-state index in [1.807, 2.05) is 4.90 Å². The zero-order valence-corrected chi connectivity index (χ0v) is 14.1. The van der Waals surface area contributed by atoms with Gasteiger partial charge in [-0.3, -0.25) is 9.69 Å². The minimum Gasteiger partial charge on any atom is -0.335 e. The number of hydrogen-bond donors (Lipinski definition) is 1. The van der Waals surface area contributed by atoms with Crippen molar-refractivity contribution in [3.63, 3.8) is 0 Å². The summed E-state index contributed by atoms with van der Waals surface area (Å²) in [7, 11) is 0. The van der Waals surface area contributed by atoms with Crippen LogP contribution in [0, 0.1) is 0 Å². The smallest absolute Gasteiger partial charge is 0.265 e. The Morgan fingerprint density at radius 3 is 2.52 bits per heavy atom. The molecule has 1 aromatic rings. The number of amides is 1. The fourth-order valence-corrected chi connectivity index (χ4v) is 3.69. The van der Waals surface area contributed by atoms with Crippen LogP contribution in [0.3, 0.4) is 0 Å². The minimum absolute atomic E-state index is 0.164. The summed E-state index contributed by atoms with van der Waals surface area (Å²) in [5, 5.41) is 4.35. The lowest BCUT2D eigenvalue weighted by Crippen LogP contribution is -2.46. The molecule has 0 aliphatic carbocycles. The van der Waals surface area contributed by atoms with Gasteiger partial charge in [0.1, 0.15) is 9.88 Å². The van der Waals surface area contributed by atoms with Gasteiger partial charge < -0.3 is 10.2 Å². The molecule has 1 fully saturated rings. The number of nitrogens with zero attached hydrogens (tertiary/aromatic N) is 3. The van der Waals surface area contributed by atoms with Crippen LogP contribution >= 0.6 is 11.3 Å². The number of aromatic nitrogens is 1. The molecule has 6 heteroatoms. The standard InChI is InChI=1S/C15H26N4OS/c1-4-12-14(15(20)19-9-7-16-8-10-19)21-13(17-12)11-18(5-2)6-3/h16H,4-11H2,1-3H3. The lowest BCUT2D eigenvalue weighted by Gasteiger charge is -2.27. The van der Waals surface area contributed by atoms with E-state index in [1.54, 1.807) is 11.3 Å². The minimum atomic E-state index is 0.164. The quantitative estimate of drug-likeness (QED) is 0.867. The highest BCUT2D eigenvalue weighted by molar-refractivity contribution is 7.13. The van der Waals surface area contributed by atoms with Crippen LogP contribution in [-0.4, -0.2) is 60.0 Å². The maximum atomic E-state index is 12.7. The van der Waals surface area contributed by atoms with Gasteiger partial charge in [-0.2, -0.15) is 0 Å². The largest absolute Gasteiger partial charge is 0.335 e. The Labute approximate surface area is 131 Å². The van der Waals surface area contributed by atoms with E-state index in [1.165, 1.54) is 0 Å². The highest BCUT2D eigenvalue weighted by Gasteiger charge is 2.23. The molecule has 0 saturated carbocycles. The molecule has 0 unspecified atom stereocenters. The summed E-state index contributed by atoms with van der Waals surface area (Å²) in [6.45, 7) is 12.6. The van der Waals surface area contributed by atoms with Crippen LogP contribution in [0.1, 0.15) is 41.1 Å². The number of piperazine rings is 1. The van der Waals surface area contributed by atoms with Crippen LogP contribution in [0.4, 0.5) is 0 Å². The predicted octanol–water partition coefficient (Wildman–Crippen LogP) is 1.59. The Kier molecular flexibility index (Phi) is 6.14. The molecule has 2 heterocycles. The van der Waals surface area contributed by atoms with Gasteiger partial charge in [-0.1, -0.05) is 20.8 Å². The molecule has 5 nitrogen and oxygen atoms in total. The second-order valence-electron chi connectivity index (χ2n) is 5.24. The summed E-state index contributed by atoms with van der Waals surface area (Å²) in [4.78, 5) is 22.5. The summed E-state index contributed by atoms with van der Waals surface area (Å²) in [6, 6.07) is 0. The first-order valence-corrected chi connectivity index (χ1v) is 8.72.